The molecule has 0 N–H and O–H groups in total. The second-order valence-corrected chi connectivity index (χ2v) is 7.15. The van der Waals surface area contributed by atoms with Gasteiger partial charge in [0.1, 0.15) is 0 Å². The van der Waals surface area contributed by atoms with Crippen molar-refractivity contribution in [2.45, 2.75) is 39.5 Å². The molecule has 2 heterocycles. The number of rotatable bonds is 6. The van der Waals surface area contributed by atoms with Gasteiger partial charge in [-0.05, 0) is 32.4 Å². The molecule has 1 aliphatic rings. The summed E-state index contributed by atoms with van der Waals surface area (Å²) < 4.78 is 8.23. The molecule has 26 heavy (non-hydrogen) atoms. The van der Waals surface area contributed by atoms with E-state index in [0.29, 0.717) is 6.54 Å². The first-order chi connectivity index (χ1) is 12.5. The maximum atomic E-state index is 12.9. The summed E-state index contributed by atoms with van der Waals surface area (Å²) >= 11 is 0. The predicted octanol–water partition coefficient (Wildman–Crippen LogP) is 3.94. The van der Waals surface area contributed by atoms with Crippen molar-refractivity contribution in [1.29, 1.82) is 0 Å². The zero-order valence-corrected chi connectivity index (χ0v) is 15.9. The molecule has 2 atom stereocenters. The van der Waals surface area contributed by atoms with Crippen molar-refractivity contribution in [3.8, 4) is 0 Å². The Morgan fingerprint density at radius 1 is 1.27 bits per heavy atom. The van der Waals surface area contributed by atoms with Gasteiger partial charge in [-0.3, -0.25) is 9.69 Å². The van der Waals surface area contributed by atoms with E-state index in [0.717, 1.165) is 36.6 Å². The molecule has 0 amide bonds. The number of hydrogen-bond acceptors (Lipinski definition) is 3. The van der Waals surface area contributed by atoms with Crippen molar-refractivity contribution >= 4 is 5.78 Å². The highest BCUT2D eigenvalue weighted by atomic mass is 16.5. The fraction of sp³-hybridized carbons (Fsp3) is 0.409. The van der Waals surface area contributed by atoms with Crippen LogP contribution in [-0.4, -0.2) is 41.0 Å². The molecule has 138 valence electrons. The first-order valence-corrected chi connectivity index (χ1v) is 9.23. The van der Waals surface area contributed by atoms with E-state index >= 15 is 0 Å². The molecule has 2 aromatic rings. The third-order valence-electron chi connectivity index (χ3n) is 5.06. The summed E-state index contributed by atoms with van der Waals surface area (Å²) in [7, 11) is 0. The lowest BCUT2D eigenvalue weighted by Gasteiger charge is -2.36. The zero-order valence-electron chi connectivity index (χ0n) is 15.9. The first-order valence-electron chi connectivity index (χ1n) is 9.23. The van der Waals surface area contributed by atoms with E-state index in [4.69, 9.17) is 4.74 Å². The van der Waals surface area contributed by atoms with Gasteiger partial charge in [-0.25, -0.2) is 0 Å². The van der Waals surface area contributed by atoms with Crippen LogP contribution in [-0.2, 0) is 11.3 Å². The number of aromatic nitrogens is 1. The summed E-state index contributed by atoms with van der Waals surface area (Å²) in [4.78, 5) is 15.1. The molecule has 4 heteroatoms. The van der Waals surface area contributed by atoms with E-state index < -0.39 is 0 Å². The van der Waals surface area contributed by atoms with Gasteiger partial charge in [0.05, 0.1) is 18.8 Å². The second kappa shape index (κ2) is 8.02. The molecule has 1 aromatic heterocycles. The monoisotopic (exact) mass is 352 g/mol. The van der Waals surface area contributed by atoms with Crippen LogP contribution in [0.15, 0.2) is 49.1 Å². The lowest BCUT2D eigenvalue weighted by Crippen LogP contribution is -2.45. The zero-order chi connectivity index (χ0) is 18.7. The van der Waals surface area contributed by atoms with Crippen LogP contribution in [0.3, 0.4) is 0 Å². The molecular formula is C22H28N2O2. The smallest absolute Gasteiger partial charge is 0.178 e. The summed E-state index contributed by atoms with van der Waals surface area (Å²) in [5, 5.41) is 0. The van der Waals surface area contributed by atoms with Crippen LogP contribution in [0.2, 0.25) is 0 Å². The highest BCUT2D eigenvalue weighted by Crippen LogP contribution is 2.25. The number of Topliss-reactive ketones (excluding diaryl/α,β-unsaturated/α-hetero) is 1. The van der Waals surface area contributed by atoms with Gasteiger partial charge in [-0.15, -0.1) is 6.58 Å². The predicted molar refractivity (Wildman–Crippen MR) is 105 cm³/mol. The number of carbonyl (C=O) groups excluding carboxylic acids is 1. The van der Waals surface area contributed by atoms with Crippen molar-refractivity contribution in [3.05, 3.63) is 71.6 Å². The molecule has 1 fully saturated rings. The second-order valence-electron chi connectivity index (χ2n) is 7.15. The minimum atomic E-state index is 0.0148. The van der Waals surface area contributed by atoms with Gasteiger partial charge in [0.2, 0.25) is 0 Å². The Labute approximate surface area is 156 Å². The fourth-order valence-electron chi connectivity index (χ4n) is 3.80. The maximum Gasteiger partial charge on any atom is 0.178 e. The summed E-state index contributed by atoms with van der Waals surface area (Å²) in [6.07, 6.45) is 1.98. The van der Waals surface area contributed by atoms with Gasteiger partial charge >= 0.3 is 0 Å². The van der Waals surface area contributed by atoms with Crippen molar-refractivity contribution < 1.29 is 9.53 Å². The summed E-state index contributed by atoms with van der Waals surface area (Å²) in [5.41, 5.74) is 4.11. The molecule has 0 spiro atoms. The van der Waals surface area contributed by atoms with Gasteiger partial charge in [-0.1, -0.05) is 36.4 Å². The highest BCUT2D eigenvalue weighted by molar-refractivity contribution is 5.99. The molecule has 0 bridgehead atoms. The number of morpholine rings is 1. The summed E-state index contributed by atoms with van der Waals surface area (Å²) in [5.74, 6) is 0.175. The van der Waals surface area contributed by atoms with Crippen LogP contribution in [0, 0.1) is 13.8 Å². The Bertz CT molecular complexity index is 779. The lowest BCUT2D eigenvalue weighted by atomic mass is 10.1. The van der Waals surface area contributed by atoms with E-state index in [1.54, 1.807) is 0 Å². The van der Waals surface area contributed by atoms with Crippen LogP contribution < -0.4 is 0 Å². The molecule has 0 saturated carbocycles. The molecule has 1 saturated heterocycles. The average molecular weight is 352 g/mol. The van der Waals surface area contributed by atoms with E-state index in [1.807, 2.05) is 44.2 Å². The number of hydrogen-bond donors (Lipinski definition) is 0. The maximum absolute atomic E-state index is 12.9. The summed E-state index contributed by atoms with van der Waals surface area (Å²) in [6, 6.07) is 12.2. The van der Waals surface area contributed by atoms with E-state index in [2.05, 4.69) is 35.1 Å². The van der Waals surface area contributed by atoms with Gasteiger partial charge in [0.25, 0.3) is 0 Å². The first kappa shape index (κ1) is 18.6. The Morgan fingerprint density at radius 2 is 2.00 bits per heavy atom. The lowest BCUT2D eigenvalue weighted by molar-refractivity contribution is -0.0762. The van der Waals surface area contributed by atoms with Gasteiger partial charge in [0.15, 0.2) is 5.78 Å². The number of nitrogens with zero attached hydrogens (tertiary/aromatic N) is 2. The Hall–Kier alpha value is -2.17. The Kier molecular flexibility index (Phi) is 5.74. The van der Waals surface area contributed by atoms with E-state index in [9.17, 15) is 4.79 Å². The normalized spacial score (nSPS) is 20.9. The third kappa shape index (κ3) is 3.97. The minimum Gasteiger partial charge on any atom is -0.368 e. The van der Waals surface area contributed by atoms with Crippen molar-refractivity contribution in [1.82, 2.24) is 9.47 Å². The third-order valence-corrected chi connectivity index (χ3v) is 5.06. The van der Waals surface area contributed by atoms with Gasteiger partial charge in [-0.2, -0.15) is 0 Å². The number of ketones is 1. The number of benzene rings is 1. The molecule has 0 radical (unpaired) electrons. The molecule has 1 aliphatic heterocycles. The minimum absolute atomic E-state index is 0.0148. The van der Waals surface area contributed by atoms with Crippen LogP contribution in [0.4, 0.5) is 0 Å². The fourth-order valence-corrected chi connectivity index (χ4v) is 3.80. The van der Waals surface area contributed by atoms with Crippen molar-refractivity contribution in [3.63, 3.8) is 0 Å². The van der Waals surface area contributed by atoms with Gasteiger partial charge in [0, 0.05) is 36.6 Å². The topological polar surface area (TPSA) is 34.5 Å². The number of carbonyl (C=O) groups is 1. The molecular weight excluding hydrogens is 324 g/mol. The van der Waals surface area contributed by atoms with Crippen LogP contribution in [0.1, 0.15) is 40.3 Å². The van der Waals surface area contributed by atoms with Crippen LogP contribution in [0.5, 0.6) is 0 Å². The van der Waals surface area contributed by atoms with Crippen LogP contribution in [0.25, 0.3) is 0 Å². The average Bonchev–Trinajstić information content (AvgIpc) is 2.91. The van der Waals surface area contributed by atoms with Crippen LogP contribution >= 0.6 is 0 Å². The highest BCUT2D eigenvalue weighted by Gasteiger charge is 2.28. The van der Waals surface area contributed by atoms with E-state index in [-0.39, 0.29) is 18.0 Å². The van der Waals surface area contributed by atoms with Crippen molar-refractivity contribution in [2.24, 2.45) is 0 Å². The quantitative estimate of drug-likeness (QED) is 0.583. The molecule has 2 unspecified atom stereocenters. The standard InChI is InChI=1S/C22H28N2O2/c1-5-11-24-16(2)12-20(18(24)4)21(25)14-23-13-17(3)26-22(15-23)19-9-7-6-8-10-19/h5-10,12,17,22H,1,11,13-15H2,2-4H3. The molecule has 3 rings (SSSR count). The molecule has 0 aliphatic carbocycles. The summed E-state index contributed by atoms with van der Waals surface area (Å²) in [6.45, 7) is 12.6. The van der Waals surface area contributed by atoms with Crippen molar-refractivity contribution in [2.75, 3.05) is 19.6 Å². The molecule has 1 aromatic carbocycles. The Balaban J connectivity index is 1.73. The Morgan fingerprint density at radius 3 is 2.69 bits per heavy atom. The number of allylic oxidation sites excluding steroid dienone is 1. The number of aryl methyl sites for hydroxylation is 1. The largest absolute Gasteiger partial charge is 0.368 e. The SMILES string of the molecule is C=CCn1c(C)cc(C(=O)CN2CC(C)OC(c3ccccc3)C2)c1C. The van der Waals surface area contributed by atoms with Gasteiger partial charge < -0.3 is 9.30 Å². The molecule has 4 nitrogen and oxygen atoms in total. The number of ether oxygens (including phenoxy) is 1. The van der Waals surface area contributed by atoms with E-state index in [1.165, 1.54) is 5.56 Å².